The highest BCUT2D eigenvalue weighted by molar-refractivity contribution is 5.95. The number of aromatic nitrogens is 1. The van der Waals surface area contributed by atoms with Crippen molar-refractivity contribution in [1.29, 1.82) is 0 Å². The number of aryl methyl sites for hydroxylation is 2. The average Bonchev–Trinajstić information content (AvgIpc) is 2.86. The van der Waals surface area contributed by atoms with E-state index in [-0.39, 0.29) is 6.54 Å². The maximum absolute atomic E-state index is 12.6. The number of carbonyl (C=O) groups is 2. The highest BCUT2D eigenvalue weighted by Crippen LogP contribution is 2.34. The second-order valence-electron chi connectivity index (χ2n) is 11.1. The molecule has 0 radical (unpaired) electrons. The number of alkyl carbamates (subject to hydrolysis) is 1. The Balaban J connectivity index is 2.22. The second kappa shape index (κ2) is 12.7. The average molecular weight is 529 g/mol. The number of methoxy groups -OCH3 is 1. The zero-order valence-corrected chi connectivity index (χ0v) is 24.3. The summed E-state index contributed by atoms with van der Waals surface area (Å²) in [5.41, 5.74) is 7.51. The van der Waals surface area contributed by atoms with E-state index < -0.39 is 17.7 Å². The number of esters is 1. The third-order valence-electron chi connectivity index (χ3n) is 6.16. The van der Waals surface area contributed by atoms with Crippen molar-refractivity contribution in [1.82, 2.24) is 10.3 Å². The van der Waals surface area contributed by atoms with Crippen molar-refractivity contribution < 1.29 is 19.1 Å². The summed E-state index contributed by atoms with van der Waals surface area (Å²) in [6.45, 7) is 14.2. The van der Waals surface area contributed by atoms with Crippen molar-refractivity contribution in [2.75, 3.05) is 7.11 Å². The Morgan fingerprint density at radius 2 is 1.67 bits per heavy atom. The van der Waals surface area contributed by atoms with Crippen molar-refractivity contribution in [3.05, 3.63) is 87.7 Å². The van der Waals surface area contributed by atoms with Gasteiger partial charge in [0, 0.05) is 29.1 Å². The number of carbonyl (C=O) groups excluding carboxylic acids is 2. The molecule has 0 saturated heterocycles. The van der Waals surface area contributed by atoms with Gasteiger partial charge in [0.25, 0.3) is 0 Å². The third-order valence-corrected chi connectivity index (χ3v) is 6.16. The van der Waals surface area contributed by atoms with Crippen LogP contribution in [0.25, 0.3) is 23.3 Å². The van der Waals surface area contributed by atoms with Crippen LogP contribution in [-0.2, 0) is 22.4 Å². The molecule has 3 aromatic rings. The topological polar surface area (TPSA) is 77.5 Å². The molecule has 39 heavy (non-hydrogen) atoms. The molecule has 2 aromatic carbocycles. The van der Waals surface area contributed by atoms with E-state index in [1.165, 1.54) is 7.11 Å². The third kappa shape index (κ3) is 8.03. The first-order chi connectivity index (χ1) is 18.4. The molecule has 6 heteroatoms. The summed E-state index contributed by atoms with van der Waals surface area (Å²) in [5.74, 6) is -0.0187. The van der Waals surface area contributed by atoms with Gasteiger partial charge in [0.15, 0.2) is 0 Å². The van der Waals surface area contributed by atoms with Crippen molar-refractivity contribution >= 4 is 24.2 Å². The zero-order valence-electron chi connectivity index (χ0n) is 24.3. The molecule has 206 valence electrons. The second-order valence-corrected chi connectivity index (χ2v) is 11.1. The summed E-state index contributed by atoms with van der Waals surface area (Å²) in [6.07, 6.45) is 4.20. The number of hydrogen-bond acceptors (Lipinski definition) is 5. The molecule has 0 aliphatic heterocycles. The Bertz CT molecular complexity index is 1350. The minimum absolute atomic E-state index is 0.271. The van der Waals surface area contributed by atoms with Crippen molar-refractivity contribution in [3.8, 4) is 11.1 Å². The molecule has 3 rings (SSSR count). The SMILES string of the molecule is COC(=O)c1ccccc1/C=C/c1c(C)nc(CC(C)C)c(CNC(=O)OC(C)(C)C)c1-c1ccc(C)cc1. The fourth-order valence-electron chi connectivity index (χ4n) is 4.40. The fraction of sp³-hybridized carbons (Fsp3) is 0.364. The maximum Gasteiger partial charge on any atom is 0.407 e. The van der Waals surface area contributed by atoms with Crippen LogP contribution >= 0.6 is 0 Å². The van der Waals surface area contributed by atoms with E-state index in [0.29, 0.717) is 11.5 Å². The molecule has 1 aromatic heterocycles. The molecule has 6 nitrogen and oxygen atoms in total. The minimum atomic E-state index is -0.600. The number of amides is 1. The molecule has 1 amide bonds. The molecule has 0 aliphatic rings. The van der Waals surface area contributed by atoms with Gasteiger partial charge in [-0.05, 0) is 69.7 Å². The van der Waals surface area contributed by atoms with Crippen LogP contribution in [-0.4, -0.2) is 29.8 Å². The molecule has 0 saturated carbocycles. The van der Waals surface area contributed by atoms with Crippen LogP contribution in [0.15, 0.2) is 48.5 Å². The van der Waals surface area contributed by atoms with Crippen LogP contribution in [0.5, 0.6) is 0 Å². The first-order valence-electron chi connectivity index (χ1n) is 13.3. The highest BCUT2D eigenvalue weighted by atomic mass is 16.6. The van der Waals surface area contributed by atoms with Crippen LogP contribution in [0, 0.1) is 19.8 Å². The normalized spacial score (nSPS) is 11.6. The van der Waals surface area contributed by atoms with Crippen LogP contribution in [0.3, 0.4) is 0 Å². The predicted octanol–water partition coefficient (Wildman–Crippen LogP) is 7.55. The molecular weight excluding hydrogens is 488 g/mol. The van der Waals surface area contributed by atoms with Crippen LogP contribution < -0.4 is 5.32 Å². The first kappa shape index (κ1) is 29.6. The first-order valence-corrected chi connectivity index (χ1v) is 13.3. The minimum Gasteiger partial charge on any atom is -0.465 e. The number of hydrogen-bond donors (Lipinski definition) is 1. The summed E-state index contributed by atoms with van der Waals surface area (Å²) >= 11 is 0. The molecule has 0 spiro atoms. The number of nitrogens with one attached hydrogen (secondary N) is 1. The molecular formula is C33H40N2O4. The molecule has 0 fully saturated rings. The summed E-state index contributed by atoms with van der Waals surface area (Å²) in [4.78, 5) is 30.0. The Morgan fingerprint density at radius 1 is 1.00 bits per heavy atom. The number of ether oxygens (including phenoxy) is 2. The smallest absolute Gasteiger partial charge is 0.407 e. The zero-order chi connectivity index (χ0) is 28.7. The van der Waals surface area contributed by atoms with E-state index in [1.807, 2.05) is 58.0 Å². The summed E-state index contributed by atoms with van der Waals surface area (Å²) in [5, 5.41) is 2.96. The van der Waals surface area contributed by atoms with Gasteiger partial charge < -0.3 is 14.8 Å². The van der Waals surface area contributed by atoms with Gasteiger partial charge in [-0.3, -0.25) is 4.98 Å². The van der Waals surface area contributed by atoms with Gasteiger partial charge in [-0.15, -0.1) is 0 Å². The maximum atomic E-state index is 12.6. The van der Waals surface area contributed by atoms with Crippen LogP contribution in [0.2, 0.25) is 0 Å². The summed E-state index contributed by atoms with van der Waals surface area (Å²) in [6, 6.07) is 15.7. The lowest BCUT2D eigenvalue weighted by molar-refractivity contribution is 0.0522. The lowest BCUT2D eigenvalue weighted by Crippen LogP contribution is -2.32. The van der Waals surface area contributed by atoms with Crippen molar-refractivity contribution in [3.63, 3.8) is 0 Å². The Labute approximate surface area is 232 Å². The van der Waals surface area contributed by atoms with Gasteiger partial charge in [0.2, 0.25) is 0 Å². The monoisotopic (exact) mass is 528 g/mol. The van der Waals surface area contributed by atoms with Gasteiger partial charge in [0.1, 0.15) is 5.60 Å². The Kier molecular flexibility index (Phi) is 9.68. The molecule has 1 heterocycles. The number of nitrogens with zero attached hydrogens (tertiary/aromatic N) is 1. The molecule has 1 N–H and O–H groups in total. The predicted molar refractivity (Wildman–Crippen MR) is 157 cm³/mol. The largest absolute Gasteiger partial charge is 0.465 e. The lowest BCUT2D eigenvalue weighted by atomic mass is 9.89. The van der Waals surface area contributed by atoms with E-state index in [1.54, 1.807) is 6.07 Å². The van der Waals surface area contributed by atoms with Crippen molar-refractivity contribution in [2.45, 2.75) is 67.0 Å². The van der Waals surface area contributed by atoms with Crippen LogP contribution in [0.1, 0.15) is 78.6 Å². The summed E-state index contributed by atoms with van der Waals surface area (Å²) in [7, 11) is 1.38. The Hall–Kier alpha value is -3.93. The number of benzene rings is 2. The number of pyridine rings is 1. The summed E-state index contributed by atoms with van der Waals surface area (Å²) < 4.78 is 10.5. The Morgan fingerprint density at radius 3 is 2.28 bits per heavy atom. The van der Waals surface area contributed by atoms with Gasteiger partial charge in [-0.2, -0.15) is 0 Å². The van der Waals surface area contributed by atoms with E-state index in [0.717, 1.165) is 51.2 Å². The van der Waals surface area contributed by atoms with Gasteiger partial charge in [-0.25, -0.2) is 9.59 Å². The quantitative estimate of drug-likeness (QED) is 0.306. The standard InChI is InChI=1S/C33H40N2O4/c1-21(2)19-29-28(20-34-32(37)39-33(5,6)7)30(25-15-13-22(3)14-16-25)26(23(4)35-29)18-17-24-11-9-10-12-27(24)31(36)38-8/h9-18,21H,19-20H2,1-8H3,(H,34,37)/b18-17+. The fourth-order valence-corrected chi connectivity index (χ4v) is 4.40. The molecule has 0 atom stereocenters. The highest BCUT2D eigenvalue weighted by Gasteiger charge is 2.22. The van der Waals surface area contributed by atoms with Crippen molar-refractivity contribution in [2.24, 2.45) is 5.92 Å². The molecule has 0 unspecified atom stereocenters. The lowest BCUT2D eigenvalue weighted by Gasteiger charge is -2.23. The molecule has 0 aliphatic carbocycles. The van der Waals surface area contributed by atoms with E-state index >= 15 is 0 Å². The van der Waals surface area contributed by atoms with Crippen LogP contribution in [0.4, 0.5) is 4.79 Å². The van der Waals surface area contributed by atoms with E-state index in [2.05, 4.69) is 50.4 Å². The van der Waals surface area contributed by atoms with E-state index in [4.69, 9.17) is 14.5 Å². The van der Waals surface area contributed by atoms with Gasteiger partial charge >= 0.3 is 12.1 Å². The van der Waals surface area contributed by atoms with Gasteiger partial charge in [0.05, 0.1) is 12.7 Å². The molecule has 0 bridgehead atoms. The number of rotatable bonds is 8. The van der Waals surface area contributed by atoms with Gasteiger partial charge in [-0.1, -0.05) is 74.0 Å². The van der Waals surface area contributed by atoms with E-state index in [9.17, 15) is 9.59 Å².